The average Bonchev–Trinajstić information content (AvgIpc) is 2.88. The number of methoxy groups -OCH3 is 1. The lowest BCUT2D eigenvalue weighted by molar-refractivity contribution is -0.0374. The van der Waals surface area contributed by atoms with Crippen molar-refractivity contribution in [3.05, 3.63) is 77.3 Å². The average molecular weight is 513 g/mol. The molecule has 0 spiro atoms. The molecule has 0 atom stereocenters. The summed E-state index contributed by atoms with van der Waals surface area (Å²) in [5, 5.41) is 13.5. The number of anilines is 2. The van der Waals surface area contributed by atoms with Gasteiger partial charge in [-0.15, -0.1) is 0 Å². The largest absolute Gasteiger partial charge is 0.493 e. The molecule has 0 saturated heterocycles. The summed E-state index contributed by atoms with van der Waals surface area (Å²) >= 11 is 5.89. The Morgan fingerprint density at radius 3 is 2.50 bits per heavy atom. The van der Waals surface area contributed by atoms with E-state index in [0.717, 1.165) is 0 Å². The maximum absolute atomic E-state index is 13.5. The van der Waals surface area contributed by atoms with Gasteiger partial charge in [-0.1, -0.05) is 11.6 Å². The number of aromatic nitrogens is 2. The third kappa shape index (κ3) is 5.73. The van der Waals surface area contributed by atoms with Gasteiger partial charge in [0.05, 0.1) is 17.6 Å². The number of hydrogen-bond donors (Lipinski definition) is 2. The van der Waals surface area contributed by atoms with Crippen LogP contribution in [0.25, 0.3) is 10.9 Å². The van der Waals surface area contributed by atoms with Crippen LogP contribution in [-0.2, 0) is 0 Å². The highest BCUT2D eigenvalue weighted by molar-refractivity contribution is 6.31. The van der Waals surface area contributed by atoms with Crippen LogP contribution >= 0.6 is 11.6 Å². The summed E-state index contributed by atoms with van der Waals surface area (Å²) in [6.45, 7) is 0.421. The first kappa shape index (κ1) is 25.0. The summed E-state index contributed by atoms with van der Waals surface area (Å²) < 4.78 is 30.5. The molecular weight excluding hydrogens is 491 g/mol. The van der Waals surface area contributed by atoms with E-state index in [2.05, 4.69) is 15.3 Å². The molecule has 0 fully saturated rings. The van der Waals surface area contributed by atoms with Crippen molar-refractivity contribution >= 4 is 39.9 Å². The zero-order chi connectivity index (χ0) is 25.7. The van der Waals surface area contributed by atoms with E-state index in [1.807, 2.05) is 0 Å². The number of nitrogens with one attached hydrogen (secondary N) is 1. The van der Waals surface area contributed by atoms with Crippen LogP contribution in [0.5, 0.6) is 17.2 Å². The lowest BCUT2D eigenvalue weighted by Crippen LogP contribution is -2.22. The summed E-state index contributed by atoms with van der Waals surface area (Å²) in [5.41, 5.74) is 1.51. The Labute approximate surface area is 211 Å². The van der Waals surface area contributed by atoms with Crippen LogP contribution < -0.4 is 19.5 Å². The number of amides is 1. The molecule has 2 N–H and O–H groups in total. The molecule has 1 heterocycles. The topological polar surface area (TPSA) is 106 Å². The quantitative estimate of drug-likeness (QED) is 0.181. The lowest BCUT2D eigenvalue weighted by Gasteiger charge is -2.14. The van der Waals surface area contributed by atoms with Crippen LogP contribution in [0.2, 0.25) is 5.02 Å². The maximum Gasteiger partial charge on any atom is 0.276 e. The van der Waals surface area contributed by atoms with Crippen molar-refractivity contribution in [1.82, 2.24) is 15.0 Å². The Morgan fingerprint density at radius 2 is 1.81 bits per heavy atom. The molecule has 0 radical (unpaired) electrons. The monoisotopic (exact) mass is 512 g/mol. The van der Waals surface area contributed by atoms with Crippen LogP contribution in [-0.4, -0.2) is 53.5 Å². The van der Waals surface area contributed by atoms with Crippen LogP contribution in [0.1, 0.15) is 10.4 Å². The molecule has 36 heavy (non-hydrogen) atoms. The van der Waals surface area contributed by atoms with E-state index in [1.165, 1.54) is 32.6 Å². The van der Waals surface area contributed by atoms with E-state index in [1.54, 1.807) is 42.5 Å². The predicted molar refractivity (Wildman–Crippen MR) is 132 cm³/mol. The van der Waals surface area contributed by atoms with Crippen molar-refractivity contribution in [2.45, 2.75) is 0 Å². The van der Waals surface area contributed by atoms with Gasteiger partial charge in [0.1, 0.15) is 36.9 Å². The minimum Gasteiger partial charge on any atom is -0.493 e. The molecule has 3 aromatic carbocycles. The van der Waals surface area contributed by atoms with Gasteiger partial charge in [-0.25, -0.2) is 19.4 Å². The number of hydroxylamine groups is 2. The molecule has 0 aliphatic heterocycles. The van der Waals surface area contributed by atoms with E-state index < -0.39 is 11.7 Å². The maximum atomic E-state index is 13.5. The van der Waals surface area contributed by atoms with E-state index in [4.69, 9.17) is 25.8 Å². The number of benzene rings is 3. The van der Waals surface area contributed by atoms with E-state index >= 15 is 0 Å². The van der Waals surface area contributed by atoms with Gasteiger partial charge < -0.3 is 19.5 Å². The third-order valence-electron chi connectivity index (χ3n) is 5.11. The summed E-state index contributed by atoms with van der Waals surface area (Å²) in [7, 11) is 2.78. The Hall–Kier alpha value is -4.15. The minimum absolute atomic E-state index is 0.00831. The van der Waals surface area contributed by atoms with Crippen LogP contribution in [0.4, 0.5) is 15.9 Å². The molecule has 0 aliphatic carbocycles. The van der Waals surface area contributed by atoms with E-state index in [9.17, 15) is 14.4 Å². The van der Waals surface area contributed by atoms with E-state index in [-0.39, 0.29) is 18.2 Å². The molecule has 0 saturated carbocycles. The molecule has 9 nitrogen and oxygen atoms in total. The number of carbonyl (C=O) groups is 1. The van der Waals surface area contributed by atoms with Gasteiger partial charge in [0, 0.05) is 29.8 Å². The molecule has 1 aromatic heterocycles. The highest BCUT2D eigenvalue weighted by atomic mass is 35.5. The van der Waals surface area contributed by atoms with Crippen molar-refractivity contribution < 1.29 is 28.6 Å². The molecule has 0 aliphatic rings. The van der Waals surface area contributed by atoms with Crippen molar-refractivity contribution in [3.63, 3.8) is 0 Å². The van der Waals surface area contributed by atoms with Gasteiger partial charge in [-0.3, -0.25) is 10.0 Å². The third-order valence-corrected chi connectivity index (χ3v) is 5.40. The number of rotatable bonds is 9. The number of fused-ring (bicyclic) bond motifs is 1. The molecule has 4 aromatic rings. The van der Waals surface area contributed by atoms with E-state index in [0.29, 0.717) is 50.3 Å². The number of hydrogen-bond acceptors (Lipinski definition) is 8. The Balaban J connectivity index is 1.46. The fourth-order valence-corrected chi connectivity index (χ4v) is 3.52. The van der Waals surface area contributed by atoms with Gasteiger partial charge in [-0.2, -0.15) is 0 Å². The molecule has 4 rings (SSSR count). The molecule has 186 valence electrons. The number of nitrogens with zero attached hydrogens (tertiary/aromatic N) is 3. The Morgan fingerprint density at radius 1 is 1.06 bits per heavy atom. The van der Waals surface area contributed by atoms with Crippen molar-refractivity contribution in [3.8, 4) is 17.2 Å². The predicted octanol–water partition coefficient (Wildman–Crippen LogP) is 5.09. The lowest BCUT2D eigenvalue weighted by atomic mass is 10.2. The molecular formula is C25H22ClFN4O5. The standard InChI is InChI=1S/C25H22ClFN4O5/c1-31(33)25(32)15-3-6-17(7-4-15)35-9-10-36-23-12-18-21(13-22(23)34-2)28-14-29-24(18)30-16-5-8-20(27)19(26)11-16/h3-8,11-14,33H,9-10H2,1-2H3,(H,28,29,30). The highest BCUT2D eigenvalue weighted by Crippen LogP contribution is 2.35. The summed E-state index contributed by atoms with van der Waals surface area (Å²) in [4.78, 5) is 20.3. The molecule has 0 bridgehead atoms. The molecule has 11 heteroatoms. The second-order valence-electron chi connectivity index (χ2n) is 7.55. The van der Waals surface area contributed by atoms with Crippen LogP contribution in [0.15, 0.2) is 60.9 Å². The fourth-order valence-electron chi connectivity index (χ4n) is 3.34. The van der Waals surface area contributed by atoms with Crippen molar-refractivity contribution in [2.75, 3.05) is 32.7 Å². The number of carbonyl (C=O) groups excluding carboxylic acids is 1. The van der Waals surface area contributed by atoms with Crippen LogP contribution in [0.3, 0.4) is 0 Å². The minimum atomic E-state index is -0.520. The first-order valence-corrected chi connectivity index (χ1v) is 11.1. The van der Waals surface area contributed by atoms with Crippen molar-refractivity contribution in [1.29, 1.82) is 0 Å². The SMILES string of the molecule is COc1cc2ncnc(Nc3ccc(F)c(Cl)c3)c2cc1OCCOc1ccc(C(=O)N(C)O)cc1. The summed E-state index contributed by atoms with van der Waals surface area (Å²) in [5.74, 6) is 0.922. The van der Waals surface area contributed by atoms with Crippen molar-refractivity contribution in [2.24, 2.45) is 0 Å². The second kappa shape index (κ2) is 11.1. The second-order valence-corrected chi connectivity index (χ2v) is 7.95. The zero-order valence-electron chi connectivity index (χ0n) is 19.4. The zero-order valence-corrected chi connectivity index (χ0v) is 20.1. The normalized spacial score (nSPS) is 10.7. The smallest absolute Gasteiger partial charge is 0.276 e. The van der Waals surface area contributed by atoms with Gasteiger partial charge in [-0.05, 0) is 48.5 Å². The van der Waals surface area contributed by atoms with Gasteiger partial charge in [0.2, 0.25) is 0 Å². The number of halogens is 2. The van der Waals surface area contributed by atoms with Gasteiger partial charge in [0.15, 0.2) is 11.5 Å². The molecule has 0 unspecified atom stereocenters. The van der Waals surface area contributed by atoms with Gasteiger partial charge in [0.25, 0.3) is 5.91 Å². The van der Waals surface area contributed by atoms with Crippen LogP contribution in [0, 0.1) is 5.82 Å². The first-order chi connectivity index (χ1) is 17.4. The fraction of sp³-hybridized carbons (Fsp3) is 0.160. The molecule has 1 amide bonds. The summed E-state index contributed by atoms with van der Waals surface area (Å²) in [6, 6.07) is 14.1. The Kier molecular flexibility index (Phi) is 7.67. The Bertz CT molecular complexity index is 1390. The highest BCUT2D eigenvalue weighted by Gasteiger charge is 2.13. The number of ether oxygens (including phenoxy) is 3. The summed E-state index contributed by atoms with van der Waals surface area (Å²) in [6.07, 6.45) is 1.40. The first-order valence-electron chi connectivity index (χ1n) is 10.7. The van der Waals surface area contributed by atoms with Gasteiger partial charge >= 0.3 is 0 Å².